The van der Waals surface area contributed by atoms with Gasteiger partial charge >= 0.3 is 0 Å². The van der Waals surface area contributed by atoms with E-state index in [1.165, 1.54) is 6.33 Å². The first-order chi connectivity index (χ1) is 9.69. The molecule has 0 amide bonds. The molecule has 7 heteroatoms. The van der Waals surface area contributed by atoms with Crippen molar-refractivity contribution in [2.75, 3.05) is 19.5 Å². The number of hydrogen-bond donors (Lipinski definition) is 1. The van der Waals surface area contributed by atoms with Gasteiger partial charge in [0.05, 0.1) is 16.4 Å². The number of nitrogens with zero attached hydrogens (tertiary/aromatic N) is 4. The van der Waals surface area contributed by atoms with Crippen molar-refractivity contribution >= 4 is 28.4 Å². The van der Waals surface area contributed by atoms with E-state index in [-0.39, 0.29) is 0 Å². The summed E-state index contributed by atoms with van der Waals surface area (Å²) in [5.41, 5.74) is 1.68. The molecule has 106 valence electrons. The smallest absolute Gasteiger partial charge is 0.216 e. The van der Waals surface area contributed by atoms with E-state index in [9.17, 15) is 0 Å². The minimum Gasteiger partial charge on any atom is -0.481 e. The molecule has 0 saturated carbocycles. The normalized spacial score (nSPS) is 10.4. The fourth-order valence-electron chi connectivity index (χ4n) is 1.75. The maximum absolute atomic E-state index is 5.11. The van der Waals surface area contributed by atoms with Gasteiger partial charge in [-0.25, -0.2) is 19.9 Å². The monoisotopic (exact) mass is 385 g/mol. The van der Waals surface area contributed by atoms with Crippen molar-refractivity contribution in [3.63, 3.8) is 0 Å². The van der Waals surface area contributed by atoms with E-state index >= 15 is 0 Å². The van der Waals surface area contributed by atoms with Gasteiger partial charge < -0.3 is 10.1 Å². The number of rotatable bonds is 5. The van der Waals surface area contributed by atoms with Crippen LogP contribution < -0.4 is 10.1 Å². The Morgan fingerprint density at radius 1 is 1.30 bits per heavy atom. The van der Waals surface area contributed by atoms with Crippen LogP contribution in [0, 0.1) is 3.57 Å². The number of halogens is 1. The van der Waals surface area contributed by atoms with Crippen LogP contribution in [0.3, 0.4) is 0 Å². The summed E-state index contributed by atoms with van der Waals surface area (Å²) in [6.07, 6.45) is 3.39. The first-order valence-corrected chi connectivity index (χ1v) is 7.38. The van der Waals surface area contributed by atoms with Gasteiger partial charge in [-0.1, -0.05) is 13.3 Å². The van der Waals surface area contributed by atoms with Gasteiger partial charge in [-0.15, -0.1) is 0 Å². The molecule has 6 nitrogen and oxygen atoms in total. The predicted octanol–water partition coefficient (Wildman–Crippen LogP) is 2.54. The molecule has 0 atom stereocenters. The molecule has 0 aliphatic heterocycles. The summed E-state index contributed by atoms with van der Waals surface area (Å²) >= 11 is 2.27. The van der Waals surface area contributed by atoms with Crippen molar-refractivity contribution in [2.24, 2.45) is 0 Å². The minimum atomic E-state index is 0.500. The summed E-state index contributed by atoms with van der Waals surface area (Å²) < 4.78 is 6.16. The molecule has 0 fully saturated rings. The van der Waals surface area contributed by atoms with Crippen LogP contribution >= 0.6 is 22.6 Å². The number of anilines is 1. The zero-order valence-corrected chi connectivity index (χ0v) is 13.8. The summed E-state index contributed by atoms with van der Waals surface area (Å²) in [6.45, 7) is 2.13. The van der Waals surface area contributed by atoms with Crippen molar-refractivity contribution in [1.82, 2.24) is 19.9 Å². The molecule has 0 bridgehead atoms. The molecule has 0 aliphatic rings. The number of nitrogens with one attached hydrogen (secondary N) is 1. The second-order valence-corrected chi connectivity index (χ2v) is 5.18. The predicted molar refractivity (Wildman–Crippen MR) is 85.9 cm³/mol. The second kappa shape index (κ2) is 6.78. The van der Waals surface area contributed by atoms with Crippen molar-refractivity contribution < 1.29 is 4.74 Å². The van der Waals surface area contributed by atoms with Gasteiger partial charge in [0.25, 0.3) is 0 Å². The second-order valence-electron chi connectivity index (χ2n) is 4.10. The van der Waals surface area contributed by atoms with Crippen LogP contribution in [-0.2, 0) is 6.42 Å². The Labute approximate surface area is 131 Å². The zero-order valence-electron chi connectivity index (χ0n) is 11.6. The van der Waals surface area contributed by atoms with Crippen molar-refractivity contribution in [3.05, 3.63) is 21.7 Å². The van der Waals surface area contributed by atoms with Crippen LogP contribution in [0.25, 0.3) is 11.5 Å². The molecule has 2 aromatic rings. The topological polar surface area (TPSA) is 72.8 Å². The molecule has 0 spiro atoms. The summed E-state index contributed by atoms with van der Waals surface area (Å²) in [4.78, 5) is 17.3. The molecular formula is C13H16IN5O. The Morgan fingerprint density at radius 2 is 2.10 bits per heavy atom. The lowest BCUT2D eigenvalue weighted by Gasteiger charge is -2.10. The zero-order chi connectivity index (χ0) is 14.5. The molecule has 2 rings (SSSR count). The highest BCUT2D eigenvalue weighted by atomic mass is 127. The molecular weight excluding hydrogens is 369 g/mol. The lowest BCUT2D eigenvalue weighted by Crippen LogP contribution is -2.06. The molecule has 0 aliphatic carbocycles. The third-order valence-electron chi connectivity index (χ3n) is 2.72. The fourth-order valence-corrected chi connectivity index (χ4v) is 2.53. The van der Waals surface area contributed by atoms with Gasteiger partial charge in [0.2, 0.25) is 5.88 Å². The maximum atomic E-state index is 5.11. The van der Waals surface area contributed by atoms with Gasteiger partial charge in [-0.05, 0) is 29.0 Å². The molecule has 0 aromatic carbocycles. The standard InChI is InChI=1S/C13H16IN5O/c1-4-5-8-11(14)13(15-2)19-12(18-8)9-6-10(20-3)17-7-16-9/h6-7H,4-5H2,1-3H3,(H,15,18,19). The highest BCUT2D eigenvalue weighted by molar-refractivity contribution is 14.1. The lowest BCUT2D eigenvalue weighted by atomic mass is 10.2. The van der Waals surface area contributed by atoms with Crippen LogP contribution in [0.2, 0.25) is 0 Å². The van der Waals surface area contributed by atoms with E-state index in [1.54, 1.807) is 13.2 Å². The number of aryl methyl sites for hydroxylation is 1. The third kappa shape index (κ3) is 3.14. The van der Waals surface area contributed by atoms with E-state index in [4.69, 9.17) is 4.74 Å². The quantitative estimate of drug-likeness (QED) is 0.798. The molecule has 1 N–H and O–H groups in total. The van der Waals surface area contributed by atoms with Crippen LogP contribution in [0.5, 0.6) is 5.88 Å². The van der Waals surface area contributed by atoms with Gasteiger partial charge in [0.15, 0.2) is 5.82 Å². The van der Waals surface area contributed by atoms with Crippen molar-refractivity contribution in [3.8, 4) is 17.4 Å². The molecule has 0 saturated heterocycles. The molecule has 2 aromatic heterocycles. The van der Waals surface area contributed by atoms with Crippen LogP contribution in [-0.4, -0.2) is 34.1 Å². The molecule has 0 unspecified atom stereocenters. The average Bonchev–Trinajstić information content (AvgIpc) is 2.49. The molecule has 0 radical (unpaired) electrons. The number of methoxy groups -OCH3 is 1. The SMILES string of the molecule is CCCc1nc(-c2cc(OC)ncn2)nc(NC)c1I. The Hall–Kier alpha value is -1.51. The Balaban J connectivity index is 2.52. The Kier molecular flexibility index (Phi) is 5.05. The first-order valence-electron chi connectivity index (χ1n) is 6.30. The third-order valence-corrected chi connectivity index (χ3v) is 3.86. The maximum Gasteiger partial charge on any atom is 0.216 e. The summed E-state index contributed by atoms with van der Waals surface area (Å²) in [5, 5.41) is 3.10. The number of aromatic nitrogens is 4. The van der Waals surface area contributed by atoms with Gasteiger partial charge in [0.1, 0.15) is 17.8 Å². The van der Waals surface area contributed by atoms with Gasteiger partial charge in [-0.2, -0.15) is 0 Å². The number of ether oxygens (including phenoxy) is 1. The highest BCUT2D eigenvalue weighted by Crippen LogP contribution is 2.24. The minimum absolute atomic E-state index is 0.500. The molecule has 20 heavy (non-hydrogen) atoms. The van der Waals surface area contributed by atoms with Crippen LogP contribution in [0.4, 0.5) is 5.82 Å². The van der Waals surface area contributed by atoms with Crippen LogP contribution in [0.15, 0.2) is 12.4 Å². The average molecular weight is 385 g/mol. The lowest BCUT2D eigenvalue weighted by molar-refractivity contribution is 0.397. The van der Waals surface area contributed by atoms with E-state index < -0.39 is 0 Å². The highest BCUT2D eigenvalue weighted by Gasteiger charge is 2.13. The summed E-state index contributed by atoms with van der Waals surface area (Å²) in [6, 6.07) is 1.73. The fraction of sp³-hybridized carbons (Fsp3) is 0.385. The van der Waals surface area contributed by atoms with Gasteiger partial charge in [0, 0.05) is 13.1 Å². The molecule has 2 heterocycles. The van der Waals surface area contributed by atoms with Gasteiger partial charge in [-0.3, -0.25) is 0 Å². The van der Waals surface area contributed by atoms with Crippen molar-refractivity contribution in [1.29, 1.82) is 0 Å². The van der Waals surface area contributed by atoms with Crippen molar-refractivity contribution in [2.45, 2.75) is 19.8 Å². The van der Waals surface area contributed by atoms with E-state index in [1.807, 2.05) is 7.05 Å². The first kappa shape index (κ1) is 14.9. The number of hydrogen-bond acceptors (Lipinski definition) is 6. The summed E-state index contributed by atoms with van der Waals surface area (Å²) in [5.74, 6) is 1.90. The van der Waals surface area contributed by atoms with E-state index in [0.717, 1.165) is 27.9 Å². The Bertz CT molecular complexity index is 605. The largest absolute Gasteiger partial charge is 0.481 e. The summed E-state index contributed by atoms with van der Waals surface area (Å²) in [7, 11) is 3.42. The van der Waals surface area contributed by atoms with E-state index in [0.29, 0.717) is 17.4 Å². The van der Waals surface area contributed by atoms with E-state index in [2.05, 4.69) is 54.8 Å². The Morgan fingerprint density at radius 3 is 2.75 bits per heavy atom. The van der Waals surface area contributed by atoms with Crippen LogP contribution in [0.1, 0.15) is 19.0 Å².